The Hall–Kier alpha value is -2.62. The molecule has 4 nitrogen and oxygen atoms in total. The van der Waals surface area contributed by atoms with Crippen LogP contribution < -0.4 is 10.6 Å². The van der Waals surface area contributed by atoms with Gasteiger partial charge in [0.05, 0.1) is 6.54 Å². The van der Waals surface area contributed by atoms with E-state index in [1.165, 1.54) is 12.5 Å². The molecule has 0 saturated heterocycles. The van der Waals surface area contributed by atoms with Gasteiger partial charge in [-0.25, -0.2) is 0 Å². The summed E-state index contributed by atoms with van der Waals surface area (Å²) < 4.78 is 0. The van der Waals surface area contributed by atoms with Crippen LogP contribution in [0.25, 0.3) is 0 Å². The van der Waals surface area contributed by atoms with Crippen molar-refractivity contribution in [1.29, 1.82) is 0 Å². The number of benzene rings is 2. The highest BCUT2D eigenvalue weighted by Gasteiger charge is 2.03. The minimum atomic E-state index is -0.0656. The predicted octanol–water partition coefficient (Wildman–Crippen LogP) is 2.66. The van der Waals surface area contributed by atoms with E-state index >= 15 is 0 Å². The van der Waals surface area contributed by atoms with Crippen LogP contribution in [0.15, 0.2) is 54.6 Å². The van der Waals surface area contributed by atoms with Crippen molar-refractivity contribution in [1.82, 2.24) is 5.32 Å². The van der Waals surface area contributed by atoms with E-state index in [-0.39, 0.29) is 18.2 Å². The second-order valence-electron chi connectivity index (χ2n) is 5.08. The Balaban J connectivity index is 1.73. The molecule has 114 valence electrons. The van der Waals surface area contributed by atoms with Crippen molar-refractivity contribution in [2.45, 2.75) is 13.3 Å². The average molecular weight is 296 g/mol. The third kappa shape index (κ3) is 5.05. The number of hydrogen-bond donors (Lipinski definition) is 2. The minimum Gasteiger partial charge on any atom is -0.376 e. The maximum absolute atomic E-state index is 11.8. The number of ketones is 1. The molecule has 2 aromatic rings. The van der Waals surface area contributed by atoms with E-state index < -0.39 is 0 Å². The second kappa shape index (κ2) is 7.98. The SMILES string of the molecule is CC(=O)c1cccc(NCC(=O)NCCc2ccccc2)c1. The van der Waals surface area contributed by atoms with Gasteiger partial charge in [0.1, 0.15) is 0 Å². The summed E-state index contributed by atoms with van der Waals surface area (Å²) in [5.41, 5.74) is 2.60. The fraction of sp³-hybridized carbons (Fsp3) is 0.222. The first kappa shape index (κ1) is 15.8. The van der Waals surface area contributed by atoms with Crippen LogP contribution in [0.5, 0.6) is 0 Å². The van der Waals surface area contributed by atoms with Crippen LogP contribution in [0.3, 0.4) is 0 Å². The van der Waals surface area contributed by atoms with E-state index in [2.05, 4.69) is 10.6 Å². The zero-order valence-corrected chi connectivity index (χ0v) is 12.6. The summed E-state index contributed by atoms with van der Waals surface area (Å²) in [5.74, 6) is -0.0554. The highest BCUT2D eigenvalue weighted by Crippen LogP contribution is 2.10. The van der Waals surface area contributed by atoms with Crippen molar-refractivity contribution in [2.24, 2.45) is 0 Å². The molecule has 0 aromatic heterocycles. The largest absolute Gasteiger partial charge is 0.376 e. The molecule has 4 heteroatoms. The van der Waals surface area contributed by atoms with E-state index in [9.17, 15) is 9.59 Å². The molecule has 2 aromatic carbocycles. The normalized spacial score (nSPS) is 10.0. The summed E-state index contributed by atoms with van der Waals surface area (Å²) >= 11 is 0. The number of rotatable bonds is 7. The first-order valence-electron chi connectivity index (χ1n) is 7.30. The summed E-state index contributed by atoms with van der Waals surface area (Å²) in [6, 6.07) is 17.2. The Morgan fingerprint density at radius 3 is 2.50 bits per heavy atom. The summed E-state index contributed by atoms with van der Waals surface area (Å²) in [7, 11) is 0. The Kier molecular flexibility index (Phi) is 5.72. The highest BCUT2D eigenvalue weighted by atomic mass is 16.2. The molecular weight excluding hydrogens is 276 g/mol. The number of amides is 1. The van der Waals surface area contributed by atoms with E-state index in [1.807, 2.05) is 36.4 Å². The molecule has 0 spiro atoms. The highest BCUT2D eigenvalue weighted by molar-refractivity contribution is 5.95. The van der Waals surface area contributed by atoms with Crippen molar-refractivity contribution in [3.63, 3.8) is 0 Å². The van der Waals surface area contributed by atoms with Gasteiger partial charge in [-0.05, 0) is 31.0 Å². The summed E-state index contributed by atoms with van der Waals surface area (Å²) in [4.78, 5) is 23.1. The predicted molar refractivity (Wildman–Crippen MR) is 88.1 cm³/mol. The standard InChI is InChI=1S/C18H20N2O2/c1-14(21)16-8-5-9-17(12-16)20-13-18(22)19-11-10-15-6-3-2-4-7-15/h2-9,12,20H,10-11,13H2,1H3,(H,19,22). The number of anilines is 1. The number of nitrogens with one attached hydrogen (secondary N) is 2. The molecule has 1 amide bonds. The smallest absolute Gasteiger partial charge is 0.239 e. The molecule has 0 fully saturated rings. The van der Waals surface area contributed by atoms with Gasteiger partial charge in [-0.3, -0.25) is 9.59 Å². The van der Waals surface area contributed by atoms with E-state index in [0.717, 1.165) is 12.1 Å². The van der Waals surface area contributed by atoms with Crippen molar-refractivity contribution < 1.29 is 9.59 Å². The number of carbonyl (C=O) groups excluding carboxylic acids is 2. The molecule has 0 bridgehead atoms. The molecule has 2 N–H and O–H groups in total. The van der Waals surface area contributed by atoms with Crippen molar-refractivity contribution in [2.75, 3.05) is 18.4 Å². The molecular formula is C18H20N2O2. The summed E-state index contributed by atoms with van der Waals surface area (Å²) in [6.45, 7) is 2.32. The number of hydrogen-bond acceptors (Lipinski definition) is 3. The quantitative estimate of drug-likeness (QED) is 0.772. The lowest BCUT2D eigenvalue weighted by atomic mass is 10.1. The Morgan fingerprint density at radius 1 is 1.00 bits per heavy atom. The fourth-order valence-corrected chi connectivity index (χ4v) is 2.08. The molecule has 0 aliphatic heterocycles. The van der Waals surface area contributed by atoms with Gasteiger partial charge in [-0.1, -0.05) is 42.5 Å². The summed E-state index contributed by atoms with van der Waals surface area (Å²) in [6.07, 6.45) is 0.812. The summed E-state index contributed by atoms with van der Waals surface area (Å²) in [5, 5.41) is 5.89. The minimum absolute atomic E-state index is 0.0102. The van der Waals surface area contributed by atoms with Gasteiger partial charge >= 0.3 is 0 Å². The lowest BCUT2D eigenvalue weighted by Crippen LogP contribution is -2.31. The third-order valence-corrected chi connectivity index (χ3v) is 3.30. The lowest BCUT2D eigenvalue weighted by molar-refractivity contribution is -0.119. The maximum atomic E-state index is 11.8. The number of carbonyl (C=O) groups is 2. The third-order valence-electron chi connectivity index (χ3n) is 3.30. The first-order valence-corrected chi connectivity index (χ1v) is 7.30. The van der Waals surface area contributed by atoms with Gasteiger partial charge in [-0.2, -0.15) is 0 Å². The van der Waals surface area contributed by atoms with Crippen LogP contribution in [0, 0.1) is 0 Å². The zero-order chi connectivity index (χ0) is 15.8. The topological polar surface area (TPSA) is 58.2 Å². The first-order chi connectivity index (χ1) is 10.6. The second-order valence-corrected chi connectivity index (χ2v) is 5.08. The van der Waals surface area contributed by atoms with Crippen LogP contribution in [-0.4, -0.2) is 24.8 Å². The molecule has 0 aliphatic carbocycles. The van der Waals surface area contributed by atoms with Crippen LogP contribution >= 0.6 is 0 Å². The molecule has 0 unspecified atom stereocenters. The number of Topliss-reactive ketones (excluding diaryl/α,β-unsaturated/α-hetero) is 1. The molecule has 0 atom stereocenters. The lowest BCUT2D eigenvalue weighted by Gasteiger charge is -2.08. The van der Waals surface area contributed by atoms with E-state index in [1.54, 1.807) is 18.2 Å². The molecule has 22 heavy (non-hydrogen) atoms. The van der Waals surface area contributed by atoms with Crippen molar-refractivity contribution >= 4 is 17.4 Å². The van der Waals surface area contributed by atoms with Gasteiger partial charge in [0, 0.05) is 17.8 Å². The molecule has 0 heterocycles. The van der Waals surface area contributed by atoms with E-state index in [4.69, 9.17) is 0 Å². The maximum Gasteiger partial charge on any atom is 0.239 e. The van der Waals surface area contributed by atoms with Crippen LogP contribution in [0.1, 0.15) is 22.8 Å². The van der Waals surface area contributed by atoms with Gasteiger partial charge in [-0.15, -0.1) is 0 Å². The van der Waals surface area contributed by atoms with Crippen molar-refractivity contribution in [3.8, 4) is 0 Å². The average Bonchev–Trinajstić information content (AvgIpc) is 2.54. The van der Waals surface area contributed by atoms with Crippen LogP contribution in [0.4, 0.5) is 5.69 Å². The molecule has 2 rings (SSSR count). The van der Waals surface area contributed by atoms with Crippen LogP contribution in [0.2, 0.25) is 0 Å². The molecule has 0 radical (unpaired) electrons. The fourth-order valence-electron chi connectivity index (χ4n) is 2.08. The van der Waals surface area contributed by atoms with E-state index in [0.29, 0.717) is 12.1 Å². The van der Waals surface area contributed by atoms with Crippen LogP contribution in [-0.2, 0) is 11.2 Å². The Labute approximate surface area is 130 Å². The van der Waals surface area contributed by atoms with Gasteiger partial charge in [0.15, 0.2) is 5.78 Å². The zero-order valence-electron chi connectivity index (χ0n) is 12.6. The molecule has 0 saturated carbocycles. The Morgan fingerprint density at radius 2 is 1.77 bits per heavy atom. The van der Waals surface area contributed by atoms with Crippen molar-refractivity contribution in [3.05, 3.63) is 65.7 Å². The molecule has 0 aliphatic rings. The Bertz CT molecular complexity index is 639. The van der Waals surface area contributed by atoms with Gasteiger partial charge < -0.3 is 10.6 Å². The van der Waals surface area contributed by atoms with Gasteiger partial charge in [0.2, 0.25) is 5.91 Å². The monoisotopic (exact) mass is 296 g/mol. The van der Waals surface area contributed by atoms with Gasteiger partial charge in [0.25, 0.3) is 0 Å².